The molecule has 0 aromatic heterocycles. The van der Waals surface area contributed by atoms with Crippen LogP contribution in [0.4, 0.5) is 15.8 Å². The first-order chi connectivity index (χ1) is 9.47. The lowest BCUT2D eigenvalue weighted by atomic mass is 10.2. The molecule has 0 bridgehead atoms. The van der Waals surface area contributed by atoms with E-state index in [-0.39, 0.29) is 0 Å². The van der Waals surface area contributed by atoms with Gasteiger partial charge in [-0.05, 0) is 29.8 Å². The highest BCUT2D eigenvalue weighted by Gasteiger charge is 2.14. The summed E-state index contributed by atoms with van der Waals surface area (Å²) in [5.74, 6) is -0.398. The molecular formula is C13H10ClFN2O2S. The number of nitrogen functional groups attached to an aromatic ring is 1. The summed E-state index contributed by atoms with van der Waals surface area (Å²) < 4.78 is 13.5. The largest absolute Gasteiger partial charge is 0.399 e. The van der Waals surface area contributed by atoms with E-state index in [1.807, 2.05) is 0 Å². The summed E-state index contributed by atoms with van der Waals surface area (Å²) in [5.41, 5.74) is 6.37. The Morgan fingerprint density at radius 1 is 1.30 bits per heavy atom. The fourth-order valence-corrected chi connectivity index (χ4v) is 2.79. The van der Waals surface area contributed by atoms with Crippen LogP contribution in [0.15, 0.2) is 41.3 Å². The van der Waals surface area contributed by atoms with Crippen LogP contribution in [-0.4, -0.2) is 4.92 Å². The lowest BCUT2D eigenvalue weighted by Crippen LogP contribution is -1.93. The second-order valence-electron chi connectivity index (χ2n) is 4.02. The van der Waals surface area contributed by atoms with E-state index in [0.29, 0.717) is 22.0 Å². The van der Waals surface area contributed by atoms with Crippen LogP contribution in [0.2, 0.25) is 5.02 Å². The predicted molar refractivity (Wildman–Crippen MR) is 78.5 cm³/mol. The Kier molecular flexibility index (Phi) is 4.46. The van der Waals surface area contributed by atoms with E-state index in [9.17, 15) is 14.5 Å². The summed E-state index contributed by atoms with van der Waals surface area (Å²) in [5, 5.41) is 11.1. The molecule has 0 aliphatic heterocycles. The van der Waals surface area contributed by atoms with Gasteiger partial charge < -0.3 is 5.73 Å². The second-order valence-corrected chi connectivity index (χ2v) is 5.45. The Bertz CT molecular complexity index is 667. The van der Waals surface area contributed by atoms with E-state index in [0.717, 1.165) is 17.0 Å². The number of hydrogen-bond donors (Lipinski definition) is 1. The summed E-state index contributed by atoms with van der Waals surface area (Å²) in [6, 6.07) is 8.95. The number of thioether (sulfide) groups is 1. The molecule has 7 heteroatoms. The highest BCUT2D eigenvalue weighted by molar-refractivity contribution is 7.98. The summed E-state index contributed by atoms with van der Waals surface area (Å²) in [6.45, 7) is 0. The van der Waals surface area contributed by atoms with Crippen molar-refractivity contribution < 1.29 is 9.31 Å². The minimum atomic E-state index is -0.841. The zero-order valence-corrected chi connectivity index (χ0v) is 11.7. The van der Waals surface area contributed by atoms with Gasteiger partial charge in [0.15, 0.2) is 0 Å². The van der Waals surface area contributed by atoms with Crippen molar-refractivity contribution in [2.45, 2.75) is 10.6 Å². The maximum Gasteiger partial charge on any atom is 0.304 e. The number of nitro benzene ring substituents is 1. The molecule has 0 heterocycles. The average Bonchev–Trinajstić information content (AvgIpc) is 2.39. The van der Waals surface area contributed by atoms with Crippen molar-refractivity contribution in [1.82, 2.24) is 0 Å². The van der Waals surface area contributed by atoms with E-state index in [2.05, 4.69) is 0 Å². The van der Waals surface area contributed by atoms with Crippen LogP contribution in [0.5, 0.6) is 0 Å². The molecule has 2 aromatic rings. The van der Waals surface area contributed by atoms with Gasteiger partial charge in [-0.1, -0.05) is 17.7 Å². The van der Waals surface area contributed by atoms with E-state index >= 15 is 0 Å². The quantitative estimate of drug-likeness (QED) is 0.396. The van der Waals surface area contributed by atoms with Gasteiger partial charge >= 0.3 is 5.69 Å². The smallest absolute Gasteiger partial charge is 0.304 e. The summed E-state index contributed by atoms with van der Waals surface area (Å²) in [7, 11) is 0. The second kappa shape index (κ2) is 6.11. The Morgan fingerprint density at radius 3 is 2.70 bits per heavy atom. The fraction of sp³-hybridized carbons (Fsp3) is 0.0769. The first-order valence-corrected chi connectivity index (χ1v) is 6.94. The molecule has 0 radical (unpaired) electrons. The molecule has 0 saturated carbocycles. The number of nitrogens with two attached hydrogens (primary N) is 1. The highest BCUT2D eigenvalue weighted by Crippen LogP contribution is 2.32. The van der Waals surface area contributed by atoms with Gasteiger partial charge in [0, 0.05) is 22.4 Å². The van der Waals surface area contributed by atoms with Gasteiger partial charge in [-0.2, -0.15) is 4.39 Å². The number of rotatable bonds is 4. The molecular weight excluding hydrogens is 303 g/mol. The number of anilines is 1. The maximum atomic E-state index is 13.5. The lowest BCUT2D eigenvalue weighted by molar-refractivity contribution is -0.387. The van der Waals surface area contributed by atoms with Crippen molar-refractivity contribution in [3.05, 3.63) is 62.9 Å². The Balaban J connectivity index is 2.13. The third kappa shape index (κ3) is 3.40. The number of hydrogen-bond acceptors (Lipinski definition) is 4. The summed E-state index contributed by atoms with van der Waals surface area (Å²) in [4.78, 5) is 10.6. The van der Waals surface area contributed by atoms with Crippen LogP contribution in [0.1, 0.15) is 5.56 Å². The zero-order chi connectivity index (χ0) is 14.7. The standard InChI is InChI=1S/C13H10ClFN2O2S/c14-10-3-2-9(16)6-13(10)20-7-8-1-4-12(17(18)19)11(15)5-8/h1-6H,7,16H2. The molecule has 0 fully saturated rings. The van der Waals surface area contributed by atoms with Crippen LogP contribution in [0.3, 0.4) is 0 Å². The molecule has 0 aliphatic rings. The Morgan fingerprint density at radius 2 is 2.05 bits per heavy atom. The Labute approximate surface area is 123 Å². The van der Waals surface area contributed by atoms with Gasteiger partial charge in [-0.25, -0.2) is 0 Å². The third-order valence-corrected chi connectivity index (χ3v) is 4.13. The van der Waals surface area contributed by atoms with Crippen molar-refractivity contribution in [3.63, 3.8) is 0 Å². The van der Waals surface area contributed by atoms with Crippen molar-refractivity contribution in [2.75, 3.05) is 5.73 Å². The van der Waals surface area contributed by atoms with E-state index < -0.39 is 16.4 Å². The number of benzene rings is 2. The van der Waals surface area contributed by atoms with Crippen molar-refractivity contribution in [1.29, 1.82) is 0 Å². The van der Waals surface area contributed by atoms with E-state index in [4.69, 9.17) is 17.3 Å². The van der Waals surface area contributed by atoms with Crippen LogP contribution >= 0.6 is 23.4 Å². The van der Waals surface area contributed by atoms with Gasteiger partial charge in [0.05, 0.1) is 9.95 Å². The van der Waals surface area contributed by atoms with Crippen molar-refractivity contribution in [2.24, 2.45) is 0 Å². The molecule has 104 valence electrons. The predicted octanol–water partition coefficient (Wildman–Crippen LogP) is 4.26. The van der Waals surface area contributed by atoms with Crippen LogP contribution in [-0.2, 0) is 5.75 Å². The van der Waals surface area contributed by atoms with Gasteiger partial charge in [-0.3, -0.25) is 10.1 Å². The first kappa shape index (κ1) is 14.6. The minimum absolute atomic E-state index is 0.443. The average molecular weight is 313 g/mol. The molecule has 20 heavy (non-hydrogen) atoms. The normalized spacial score (nSPS) is 10.5. The fourth-order valence-electron chi connectivity index (χ4n) is 1.58. The van der Waals surface area contributed by atoms with Crippen LogP contribution in [0, 0.1) is 15.9 Å². The van der Waals surface area contributed by atoms with E-state index in [1.165, 1.54) is 17.8 Å². The molecule has 0 spiro atoms. The number of nitrogens with zero attached hydrogens (tertiary/aromatic N) is 1. The number of nitro groups is 1. The topological polar surface area (TPSA) is 69.2 Å². The molecule has 0 aliphatic carbocycles. The monoisotopic (exact) mass is 312 g/mol. The maximum absolute atomic E-state index is 13.5. The molecule has 2 aromatic carbocycles. The Hall–Kier alpha value is -1.79. The molecule has 0 unspecified atom stereocenters. The van der Waals surface area contributed by atoms with E-state index in [1.54, 1.807) is 18.2 Å². The SMILES string of the molecule is Nc1ccc(Cl)c(SCc2ccc([N+](=O)[O-])c(F)c2)c1. The third-order valence-electron chi connectivity index (χ3n) is 2.56. The zero-order valence-electron chi connectivity index (χ0n) is 10.2. The molecule has 2 rings (SSSR count). The van der Waals surface area contributed by atoms with Gasteiger partial charge in [0.2, 0.25) is 5.82 Å². The molecule has 0 amide bonds. The van der Waals surface area contributed by atoms with Gasteiger partial charge in [-0.15, -0.1) is 11.8 Å². The van der Waals surface area contributed by atoms with Crippen LogP contribution in [0.25, 0.3) is 0 Å². The summed E-state index contributed by atoms with van der Waals surface area (Å²) >= 11 is 7.41. The van der Waals surface area contributed by atoms with Gasteiger partial charge in [0.1, 0.15) is 0 Å². The number of halogens is 2. The minimum Gasteiger partial charge on any atom is -0.399 e. The highest BCUT2D eigenvalue weighted by atomic mass is 35.5. The first-order valence-electron chi connectivity index (χ1n) is 5.58. The molecule has 4 nitrogen and oxygen atoms in total. The lowest BCUT2D eigenvalue weighted by Gasteiger charge is -2.06. The van der Waals surface area contributed by atoms with Crippen molar-refractivity contribution >= 4 is 34.7 Å². The molecule has 0 atom stereocenters. The van der Waals surface area contributed by atoms with Gasteiger partial charge in [0.25, 0.3) is 0 Å². The molecule has 2 N–H and O–H groups in total. The molecule has 0 saturated heterocycles. The summed E-state index contributed by atoms with van der Waals surface area (Å²) in [6.07, 6.45) is 0. The van der Waals surface area contributed by atoms with Crippen LogP contribution < -0.4 is 5.73 Å². The van der Waals surface area contributed by atoms with Crippen molar-refractivity contribution in [3.8, 4) is 0 Å².